The van der Waals surface area contributed by atoms with Gasteiger partial charge in [-0.15, -0.1) is 0 Å². The predicted molar refractivity (Wildman–Crippen MR) is 58.1 cm³/mol. The summed E-state index contributed by atoms with van der Waals surface area (Å²) in [5.41, 5.74) is 0.969. The van der Waals surface area contributed by atoms with Crippen molar-refractivity contribution in [1.82, 2.24) is 15.5 Å². The first-order chi connectivity index (χ1) is 8.24. The van der Waals surface area contributed by atoms with Crippen molar-refractivity contribution in [2.75, 3.05) is 6.54 Å². The molecule has 90 valence electrons. The number of hydrogen-bond donors (Lipinski definition) is 2. The van der Waals surface area contributed by atoms with E-state index in [0.717, 1.165) is 5.56 Å². The number of nitrogens with one attached hydrogen (secondary N) is 1. The van der Waals surface area contributed by atoms with E-state index in [1.807, 2.05) is 13.0 Å². The lowest BCUT2D eigenvalue weighted by molar-refractivity contribution is 0.191. The SMILES string of the molecule is Cc1ccoc1-c1noc([C@H]2C[C@H](O)CN2)n1. The first-order valence-corrected chi connectivity index (χ1v) is 5.53. The monoisotopic (exact) mass is 235 g/mol. The maximum Gasteiger partial charge on any atom is 0.244 e. The molecule has 1 aliphatic rings. The Kier molecular flexibility index (Phi) is 2.45. The van der Waals surface area contributed by atoms with Crippen molar-refractivity contribution >= 4 is 0 Å². The van der Waals surface area contributed by atoms with Crippen molar-refractivity contribution in [3.8, 4) is 11.6 Å². The lowest BCUT2D eigenvalue weighted by Crippen LogP contribution is -2.15. The number of β-amino-alcohol motifs (C(OH)–C–C–N with tert-alkyl or cyclic N) is 1. The molecule has 3 rings (SSSR count). The van der Waals surface area contributed by atoms with Crippen molar-refractivity contribution in [2.45, 2.75) is 25.5 Å². The number of hydrogen-bond acceptors (Lipinski definition) is 6. The maximum absolute atomic E-state index is 9.42. The third-order valence-electron chi connectivity index (χ3n) is 2.91. The minimum absolute atomic E-state index is 0.0680. The molecule has 0 amide bonds. The Morgan fingerprint density at radius 3 is 3.06 bits per heavy atom. The second-order valence-corrected chi connectivity index (χ2v) is 4.24. The molecule has 0 aliphatic carbocycles. The van der Waals surface area contributed by atoms with Gasteiger partial charge < -0.3 is 19.4 Å². The molecule has 2 aromatic rings. The van der Waals surface area contributed by atoms with Gasteiger partial charge >= 0.3 is 0 Å². The fraction of sp³-hybridized carbons (Fsp3) is 0.455. The normalized spacial score (nSPS) is 24.4. The van der Waals surface area contributed by atoms with Crippen molar-refractivity contribution in [3.05, 3.63) is 23.8 Å². The average Bonchev–Trinajstić information content (AvgIpc) is 2.97. The summed E-state index contributed by atoms with van der Waals surface area (Å²) < 4.78 is 10.5. The molecule has 0 unspecified atom stereocenters. The Morgan fingerprint density at radius 1 is 1.53 bits per heavy atom. The van der Waals surface area contributed by atoms with Crippen LogP contribution >= 0.6 is 0 Å². The average molecular weight is 235 g/mol. The van der Waals surface area contributed by atoms with Crippen molar-refractivity contribution in [2.24, 2.45) is 0 Å². The summed E-state index contributed by atoms with van der Waals surface area (Å²) in [5, 5.41) is 16.4. The molecule has 0 aromatic carbocycles. The fourth-order valence-corrected chi connectivity index (χ4v) is 1.98. The summed E-state index contributed by atoms with van der Waals surface area (Å²) in [6.07, 6.45) is 1.84. The fourth-order valence-electron chi connectivity index (χ4n) is 1.98. The van der Waals surface area contributed by atoms with Crippen molar-refractivity contribution in [1.29, 1.82) is 0 Å². The molecule has 2 N–H and O–H groups in total. The zero-order valence-electron chi connectivity index (χ0n) is 9.38. The van der Waals surface area contributed by atoms with Crippen LogP contribution < -0.4 is 5.32 Å². The van der Waals surface area contributed by atoms with Crippen LogP contribution in [0, 0.1) is 6.92 Å². The van der Waals surface area contributed by atoms with Crippen LogP contribution in [0.15, 0.2) is 21.3 Å². The Morgan fingerprint density at radius 2 is 2.41 bits per heavy atom. The lowest BCUT2D eigenvalue weighted by Gasteiger charge is -2.01. The molecule has 6 nitrogen and oxygen atoms in total. The number of aryl methyl sites for hydroxylation is 1. The topological polar surface area (TPSA) is 84.3 Å². The zero-order valence-corrected chi connectivity index (χ0v) is 9.38. The van der Waals surface area contributed by atoms with Crippen LogP contribution in [0.2, 0.25) is 0 Å². The maximum atomic E-state index is 9.42. The van der Waals surface area contributed by atoms with Gasteiger partial charge in [0.2, 0.25) is 11.7 Å². The van der Waals surface area contributed by atoms with Crippen molar-refractivity contribution in [3.63, 3.8) is 0 Å². The zero-order chi connectivity index (χ0) is 11.8. The number of rotatable bonds is 2. The van der Waals surface area contributed by atoms with Crippen LogP contribution in [0.3, 0.4) is 0 Å². The van der Waals surface area contributed by atoms with E-state index in [9.17, 15) is 5.11 Å². The molecular formula is C11H13N3O3. The number of aliphatic hydroxyl groups excluding tert-OH is 1. The Bertz CT molecular complexity index is 520. The number of aromatic nitrogens is 2. The van der Waals surface area contributed by atoms with Gasteiger partial charge in [0.1, 0.15) is 0 Å². The van der Waals surface area contributed by atoms with Gasteiger partial charge in [0.05, 0.1) is 18.4 Å². The highest BCUT2D eigenvalue weighted by molar-refractivity contribution is 5.51. The predicted octanol–water partition coefficient (Wildman–Crippen LogP) is 1.03. The van der Waals surface area contributed by atoms with E-state index in [1.54, 1.807) is 6.26 Å². The third kappa shape index (κ3) is 1.85. The first kappa shape index (κ1) is 10.5. The highest BCUT2D eigenvalue weighted by Gasteiger charge is 2.28. The minimum atomic E-state index is -0.347. The van der Waals surface area contributed by atoms with Crippen LogP contribution in [0.25, 0.3) is 11.6 Å². The third-order valence-corrected chi connectivity index (χ3v) is 2.91. The van der Waals surface area contributed by atoms with Crippen LogP contribution in [0.5, 0.6) is 0 Å². The quantitative estimate of drug-likeness (QED) is 0.808. The van der Waals surface area contributed by atoms with Crippen LogP contribution in [-0.2, 0) is 0 Å². The Labute approximate surface area is 97.6 Å². The Balaban J connectivity index is 1.86. The lowest BCUT2D eigenvalue weighted by atomic mass is 10.2. The summed E-state index contributed by atoms with van der Waals surface area (Å²) in [5.74, 6) is 1.57. The van der Waals surface area contributed by atoms with Crippen LogP contribution in [0.4, 0.5) is 0 Å². The van der Waals surface area contributed by atoms with E-state index in [2.05, 4.69) is 15.5 Å². The summed E-state index contributed by atoms with van der Waals surface area (Å²) in [6, 6.07) is 1.78. The molecule has 6 heteroatoms. The smallest absolute Gasteiger partial charge is 0.244 e. The Hall–Kier alpha value is -1.66. The highest BCUT2D eigenvalue weighted by atomic mass is 16.5. The largest absolute Gasteiger partial charge is 0.461 e. The summed E-state index contributed by atoms with van der Waals surface area (Å²) in [4.78, 5) is 4.28. The van der Waals surface area contributed by atoms with Gasteiger partial charge in [-0.2, -0.15) is 4.98 Å². The van der Waals surface area contributed by atoms with Crippen molar-refractivity contribution < 1.29 is 14.0 Å². The first-order valence-electron chi connectivity index (χ1n) is 5.53. The molecule has 1 aliphatic heterocycles. The van der Waals surface area contributed by atoms with Gasteiger partial charge in [0.15, 0.2) is 5.76 Å². The number of furan rings is 1. The summed E-state index contributed by atoms with van der Waals surface area (Å²) in [6.45, 7) is 2.48. The van der Waals surface area contributed by atoms with E-state index in [-0.39, 0.29) is 12.1 Å². The second kappa shape index (κ2) is 3.97. The van der Waals surface area contributed by atoms with Gasteiger partial charge in [-0.1, -0.05) is 5.16 Å². The van der Waals surface area contributed by atoms with E-state index >= 15 is 0 Å². The molecule has 0 radical (unpaired) electrons. The molecule has 17 heavy (non-hydrogen) atoms. The summed E-state index contributed by atoms with van der Waals surface area (Å²) in [7, 11) is 0. The van der Waals surface area contributed by atoms with E-state index in [1.165, 1.54) is 0 Å². The molecule has 2 aromatic heterocycles. The standard InChI is InChI=1S/C11H13N3O3/c1-6-2-3-16-9(6)10-13-11(17-14-10)8-4-7(15)5-12-8/h2-3,7-8,12,15H,4-5H2,1H3/t7-,8+/m0/s1. The van der Waals surface area contributed by atoms with Gasteiger partial charge in [-0.25, -0.2) is 0 Å². The highest BCUT2D eigenvalue weighted by Crippen LogP contribution is 2.26. The minimum Gasteiger partial charge on any atom is -0.461 e. The van der Waals surface area contributed by atoms with Gasteiger partial charge in [0.25, 0.3) is 0 Å². The van der Waals surface area contributed by atoms with Gasteiger partial charge in [-0.3, -0.25) is 0 Å². The van der Waals surface area contributed by atoms with Crippen LogP contribution in [0.1, 0.15) is 23.9 Å². The van der Waals surface area contributed by atoms with E-state index in [0.29, 0.717) is 30.4 Å². The molecule has 3 heterocycles. The van der Waals surface area contributed by atoms with Crippen LogP contribution in [-0.4, -0.2) is 27.9 Å². The van der Waals surface area contributed by atoms with E-state index in [4.69, 9.17) is 8.94 Å². The number of nitrogens with zero attached hydrogens (tertiary/aromatic N) is 2. The summed E-state index contributed by atoms with van der Waals surface area (Å²) >= 11 is 0. The molecule has 2 atom stereocenters. The molecular weight excluding hydrogens is 222 g/mol. The molecule has 1 saturated heterocycles. The number of aliphatic hydroxyl groups is 1. The van der Waals surface area contributed by atoms with Gasteiger partial charge in [-0.05, 0) is 25.0 Å². The second-order valence-electron chi connectivity index (χ2n) is 4.24. The molecule has 1 fully saturated rings. The molecule has 0 bridgehead atoms. The molecule has 0 saturated carbocycles. The van der Waals surface area contributed by atoms with E-state index < -0.39 is 0 Å². The van der Waals surface area contributed by atoms with Gasteiger partial charge in [0, 0.05) is 6.54 Å². The molecule has 0 spiro atoms.